The third kappa shape index (κ3) is 7.44. The largest absolute Gasteiger partial charge is 0.497 e. The molecule has 1 aliphatic rings. The van der Waals surface area contributed by atoms with Crippen LogP contribution in [0.1, 0.15) is 33.2 Å². The lowest BCUT2D eigenvalue weighted by Crippen LogP contribution is -2.49. The van der Waals surface area contributed by atoms with E-state index in [-0.39, 0.29) is 18.6 Å². The fraction of sp³-hybridized carbons (Fsp3) is 0.345. The summed E-state index contributed by atoms with van der Waals surface area (Å²) < 4.78 is 55.5. The van der Waals surface area contributed by atoms with Gasteiger partial charge in [0.25, 0.3) is 5.91 Å². The molecular weight excluding hydrogens is 533 g/mol. The van der Waals surface area contributed by atoms with Crippen LogP contribution in [0, 0.1) is 0 Å². The van der Waals surface area contributed by atoms with E-state index in [1.807, 2.05) is 12.1 Å². The molecule has 0 N–H and O–H groups in total. The van der Waals surface area contributed by atoms with Crippen molar-refractivity contribution in [2.75, 3.05) is 46.9 Å². The van der Waals surface area contributed by atoms with Crippen LogP contribution in [-0.2, 0) is 17.5 Å². The Morgan fingerprint density at radius 1 is 0.923 bits per heavy atom. The number of nitrogens with zero attached hydrogens (tertiary/aromatic N) is 2. The van der Waals surface area contributed by atoms with E-state index < -0.39 is 11.7 Å². The molecule has 0 unspecified atom stereocenters. The maximum atomic E-state index is 13.2. The van der Waals surface area contributed by atoms with Crippen LogP contribution >= 0.6 is 11.6 Å². The van der Waals surface area contributed by atoms with E-state index in [0.29, 0.717) is 60.4 Å². The first kappa shape index (κ1) is 28.7. The number of amides is 1. The minimum Gasteiger partial charge on any atom is -0.497 e. The molecule has 3 aromatic rings. The van der Waals surface area contributed by atoms with Gasteiger partial charge in [0.05, 0.1) is 38.1 Å². The highest BCUT2D eigenvalue weighted by atomic mass is 35.5. The highest BCUT2D eigenvalue weighted by Crippen LogP contribution is 2.30. The normalized spacial score (nSPS) is 15.2. The van der Waals surface area contributed by atoms with Gasteiger partial charge in [-0.2, -0.15) is 13.2 Å². The van der Waals surface area contributed by atoms with Gasteiger partial charge in [-0.1, -0.05) is 35.9 Å². The molecular formula is C29H30ClF3N2O4. The van der Waals surface area contributed by atoms with Crippen LogP contribution in [0.25, 0.3) is 0 Å². The zero-order chi connectivity index (χ0) is 28.0. The van der Waals surface area contributed by atoms with E-state index in [0.717, 1.165) is 17.7 Å². The standard InChI is InChI=1S/C29H30ClF3N2O4/c1-37-24-11-12-25(26(17-24)38-2)28(36)35-15-13-34(14-16-35)18-27(21-5-9-23(30)10-6-21)39-19-20-3-7-22(8-4-20)29(31,32)33/h3-12,17,27H,13-16,18-19H2,1-2H3/t27-/m1/s1. The Balaban J connectivity index is 1.39. The van der Waals surface area contributed by atoms with Crippen LogP contribution in [0.15, 0.2) is 66.7 Å². The fourth-order valence-corrected chi connectivity index (χ4v) is 4.56. The molecule has 39 heavy (non-hydrogen) atoms. The molecule has 0 aliphatic carbocycles. The maximum absolute atomic E-state index is 13.2. The Morgan fingerprint density at radius 3 is 2.18 bits per heavy atom. The average Bonchev–Trinajstić information content (AvgIpc) is 2.95. The van der Waals surface area contributed by atoms with Gasteiger partial charge in [-0.3, -0.25) is 9.69 Å². The first-order chi connectivity index (χ1) is 18.7. The van der Waals surface area contributed by atoms with Crippen molar-refractivity contribution in [1.82, 2.24) is 9.80 Å². The van der Waals surface area contributed by atoms with Gasteiger partial charge < -0.3 is 19.1 Å². The second-order valence-corrected chi connectivity index (χ2v) is 9.64. The van der Waals surface area contributed by atoms with Crippen LogP contribution in [-0.4, -0.2) is 62.7 Å². The number of hydrogen-bond acceptors (Lipinski definition) is 5. The number of rotatable bonds is 9. The lowest BCUT2D eigenvalue weighted by Gasteiger charge is -2.36. The van der Waals surface area contributed by atoms with Gasteiger partial charge in [0.1, 0.15) is 11.5 Å². The minimum atomic E-state index is -4.38. The van der Waals surface area contributed by atoms with Crippen LogP contribution < -0.4 is 9.47 Å². The maximum Gasteiger partial charge on any atom is 0.416 e. The Morgan fingerprint density at radius 2 is 1.59 bits per heavy atom. The molecule has 1 heterocycles. The lowest BCUT2D eigenvalue weighted by molar-refractivity contribution is -0.137. The van der Waals surface area contributed by atoms with Crippen molar-refractivity contribution < 1.29 is 32.2 Å². The Kier molecular flexibility index (Phi) is 9.37. The van der Waals surface area contributed by atoms with Gasteiger partial charge in [-0.05, 0) is 47.5 Å². The number of hydrogen-bond donors (Lipinski definition) is 0. The number of carbonyl (C=O) groups is 1. The molecule has 3 aromatic carbocycles. The van der Waals surface area contributed by atoms with Crippen LogP contribution in [0.5, 0.6) is 11.5 Å². The van der Waals surface area contributed by atoms with Crippen molar-refractivity contribution in [2.45, 2.75) is 18.9 Å². The fourth-order valence-electron chi connectivity index (χ4n) is 4.43. The van der Waals surface area contributed by atoms with E-state index in [1.54, 1.807) is 42.3 Å². The summed E-state index contributed by atoms with van der Waals surface area (Å²) in [5.41, 5.74) is 1.34. The Bertz CT molecular complexity index is 1240. The monoisotopic (exact) mass is 562 g/mol. The summed E-state index contributed by atoms with van der Waals surface area (Å²) in [6, 6.07) is 17.4. The van der Waals surface area contributed by atoms with E-state index >= 15 is 0 Å². The van der Waals surface area contributed by atoms with Crippen molar-refractivity contribution in [2.24, 2.45) is 0 Å². The average molecular weight is 563 g/mol. The number of benzene rings is 3. The van der Waals surface area contributed by atoms with Gasteiger partial charge >= 0.3 is 6.18 Å². The molecule has 1 amide bonds. The van der Waals surface area contributed by atoms with Crippen molar-refractivity contribution in [3.63, 3.8) is 0 Å². The van der Waals surface area contributed by atoms with Gasteiger partial charge in [0, 0.05) is 43.8 Å². The molecule has 1 fully saturated rings. The Hall–Kier alpha value is -3.27. The zero-order valence-electron chi connectivity index (χ0n) is 21.7. The summed E-state index contributed by atoms with van der Waals surface area (Å²) in [4.78, 5) is 17.2. The number of alkyl halides is 3. The summed E-state index contributed by atoms with van der Waals surface area (Å²) in [6.07, 6.45) is -4.72. The van der Waals surface area contributed by atoms with Crippen LogP contribution in [0.4, 0.5) is 13.2 Å². The zero-order valence-corrected chi connectivity index (χ0v) is 22.5. The first-order valence-electron chi connectivity index (χ1n) is 12.4. The second-order valence-electron chi connectivity index (χ2n) is 9.20. The SMILES string of the molecule is COc1ccc(C(=O)N2CCN(C[C@@H](OCc3ccc(C(F)(F)F)cc3)c3ccc(Cl)cc3)CC2)c(OC)c1. The van der Waals surface area contributed by atoms with Crippen LogP contribution in [0.3, 0.4) is 0 Å². The summed E-state index contributed by atoms with van der Waals surface area (Å²) >= 11 is 6.07. The van der Waals surface area contributed by atoms with Crippen LogP contribution in [0.2, 0.25) is 5.02 Å². The molecule has 0 aromatic heterocycles. The molecule has 0 radical (unpaired) electrons. The molecule has 10 heteroatoms. The van der Waals surface area contributed by atoms with Gasteiger partial charge in [-0.15, -0.1) is 0 Å². The third-order valence-electron chi connectivity index (χ3n) is 6.70. The van der Waals surface area contributed by atoms with E-state index in [4.69, 9.17) is 25.8 Å². The smallest absolute Gasteiger partial charge is 0.416 e. The molecule has 4 rings (SSSR count). The third-order valence-corrected chi connectivity index (χ3v) is 6.95. The summed E-state index contributed by atoms with van der Waals surface area (Å²) in [7, 11) is 3.07. The number of carbonyl (C=O) groups excluding carboxylic acids is 1. The van der Waals surface area contributed by atoms with Gasteiger partial charge in [0.2, 0.25) is 0 Å². The minimum absolute atomic E-state index is 0.109. The number of piperazine rings is 1. The van der Waals surface area contributed by atoms with Gasteiger partial charge in [-0.25, -0.2) is 0 Å². The summed E-state index contributed by atoms with van der Waals surface area (Å²) in [5, 5.41) is 0.598. The van der Waals surface area contributed by atoms with E-state index in [1.165, 1.54) is 19.2 Å². The van der Waals surface area contributed by atoms with Crippen molar-refractivity contribution in [3.05, 3.63) is 94.0 Å². The summed E-state index contributed by atoms with van der Waals surface area (Å²) in [6.45, 7) is 3.04. The molecule has 208 valence electrons. The van der Waals surface area contributed by atoms with Crippen molar-refractivity contribution >= 4 is 17.5 Å². The number of halogens is 4. The highest BCUT2D eigenvalue weighted by molar-refractivity contribution is 6.30. The Labute approximate surface area is 230 Å². The molecule has 0 saturated carbocycles. The molecule has 0 spiro atoms. The topological polar surface area (TPSA) is 51.2 Å². The number of ether oxygens (including phenoxy) is 3. The molecule has 6 nitrogen and oxygen atoms in total. The lowest BCUT2D eigenvalue weighted by atomic mass is 10.1. The van der Waals surface area contributed by atoms with Crippen molar-refractivity contribution in [1.29, 1.82) is 0 Å². The highest BCUT2D eigenvalue weighted by Gasteiger charge is 2.30. The quantitative estimate of drug-likeness (QED) is 0.316. The van der Waals surface area contributed by atoms with Gasteiger partial charge in [0.15, 0.2) is 0 Å². The van der Waals surface area contributed by atoms with E-state index in [9.17, 15) is 18.0 Å². The molecule has 1 atom stereocenters. The first-order valence-corrected chi connectivity index (χ1v) is 12.8. The molecule has 1 saturated heterocycles. The van der Waals surface area contributed by atoms with Crippen molar-refractivity contribution in [3.8, 4) is 11.5 Å². The predicted molar refractivity (Wildman–Crippen MR) is 142 cm³/mol. The predicted octanol–water partition coefficient (Wildman–Crippen LogP) is 6.09. The molecule has 1 aliphatic heterocycles. The van der Waals surface area contributed by atoms with E-state index in [2.05, 4.69) is 4.90 Å². The second kappa shape index (κ2) is 12.7. The number of methoxy groups -OCH3 is 2. The molecule has 0 bridgehead atoms. The summed E-state index contributed by atoms with van der Waals surface area (Å²) in [5.74, 6) is 0.959.